The molecule has 11 heteroatoms. The van der Waals surface area contributed by atoms with Crippen LogP contribution in [0.2, 0.25) is 5.02 Å². The van der Waals surface area contributed by atoms with Gasteiger partial charge >= 0.3 is 0 Å². The summed E-state index contributed by atoms with van der Waals surface area (Å²) in [6, 6.07) is 14.5. The van der Waals surface area contributed by atoms with Crippen molar-refractivity contribution in [1.82, 2.24) is 10.2 Å². The Kier molecular flexibility index (Phi) is 9.67. The summed E-state index contributed by atoms with van der Waals surface area (Å²) >= 11 is 6.49. The van der Waals surface area contributed by atoms with Crippen LogP contribution in [0.25, 0.3) is 0 Å². The van der Waals surface area contributed by atoms with Gasteiger partial charge in [-0.25, -0.2) is 4.39 Å². The smallest absolute Gasteiger partial charge is 0.237 e. The fourth-order valence-electron chi connectivity index (χ4n) is 6.08. The molecule has 1 aliphatic carbocycles. The van der Waals surface area contributed by atoms with Crippen molar-refractivity contribution in [2.24, 2.45) is 0 Å². The molecule has 42 heavy (non-hydrogen) atoms. The molecule has 0 aromatic heterocycles. The molecular formula is C31H37ClFN3O6. The second kappa shape index (κ2) is 13.2. The lowest BCUT2D eigenvalue weighted by molar-refractivity contribution is -0.219. The first-order valence-corrected chi connectivity index (χ1v) is 14.8. The van der Waals surface area contributed by atoms with Gasteiger partial charge in [0.25, 0.3) is 0 Å². The number of ether oxygens (including phenoxy) is 2. The fourth-order valence-corrected chi connectivity index (χ4v) is 6.26. The Morgan fingerprint density at radius 3 is 2.64 bits per heavy atom. The van der Waals surface area contributed by atoms with Gasteiger partial charge in [0, 0.05) is 17.5 Å². The lowest BCUT2D eigenvalue weighted by Gasteiger charge is -2.39. The summed E-state index contributed by atoms with van der Waals surface area (Å²) in [4.78, 5) is 13.8. The minimum atomic E-state index is -1.31. The molecule has 1 saturated carbocycles. The molecule has 0 radical (unpaired) electrons. The van der Waals surface area contributed by atoms with Crippen molar-refractivity contribution < 1.29 is 34.0 Å². The lowest BCUT2D eigenvalue weighted by Crippen LogP contribution is -2.53. The minimum absolute atomic E-state index is 0.00151. The first kappa shape index (κ1) is 30.7. The number of nitriles is 1. The number of carbonyl (C=O) groups excluding carboxylic acids is 1. The second-order valence-corrected chi connectivity index (χ2v) is 12.0. The highest BCUT2D eigenvalue weighted by molar-refractivity contribution is 6.31. The van der Waals surface area contributed by atoms with Crippen LogP contribution in [0.5, 0.6) is 5.75 Å². The number of amides is 1. The molecule has 2 heterocycles. The van der Waals surface area contributed by atoms with Crippen molar-refractivity contribution in [1.29, 1.82) is 5.26 Å². The maximum absolute atomic E-state index is 13.6. The topological polar surface area (TPSA) is 135 Å². The fraction of sp³-hybridized carbons (Fsp3) is 0.548. The third-order valence-electron chi connectivity index (χ3n) is 8.52. The van der Waals surface area contributed by atoms with Gasteiger partial charge in [0.05, 0.1) is 25.3 Å². The van der Waals surface area contributed by atoms with Gasteiger partial charge in [-0.1, -0.05) is 35.9 Å². The predicted octanol–water partition coefficient (Wildman–Crippen LogP) is 2.83. The highest BCUT2D eigenvalue weighted by atomic mass is 35.5. The zero-order valence-corrected chi connectivity index (χ0v) is 24.2. The van der Waals surface area contributed by atoms with Crippen molar-refractivity contribution in [3.63, 3.8) is 0 Å². The largest absolute Gasteiger partial charge is 0.490 e. The van der Waals surface area contributed by atoms with E-state index in [2.05, 4.69) is 5.32 Å². The van der Waals surface area contributed by atoms with E-state index in [0.717, 1.165) is 36.1 Å². The number of carbonyl (C=O) groups is 1. The Bertz CT molecular complexity index is 1290. The van der Waals surface area contributed by atoms with Crippen LogP contribution in [0, 0.1) is 11.3 Å². The van der Waals surface area contributed by atoms with Crippen LogP contribution in [0.15, 0.2) is 42.5 Å². The van der Waals surface area contributed by atoms with E-state index in [1.807, 2.05) is 36.4 Å². The summed E-state index contributed by atoms with van der Waals surface area (Å²) in [5, 5.41) is 43.7. The summed E-state index contributed by atoms with van der Waals surface area (Å²) in [6.45, 7) is 1.71. The summed E-state index contributed by atoms with van der Waals surface area (Å²) in [5.41, 5.74) is 2.51. The lowest BCUT2D eigenvalue weighted by atomic mass is 9.90. The SMILES string of the molecule is C[C@H]1O[C@@H](c2ccc(Cl)c(Cc3ccc(O[C@@H]4CC[C@H](NCC(=O)N5C[C@@H](F)C[C@H]5C#N)C4)cc3)c2)[C@H](O)[C@@H](O)[C@@H]1O. The number of nitrogens with zero attached hydrogens (tertiary/aromatic N) is 2. The Labute approximate surface area is 249 Å². The van der Waals surface area contributed by atoms with E-state index >= 15 is 0 Å². The number of likely N-dealkylation sites (tertiary alicyclic amines) is 1. The third kappa shape index (κ3) is 6.88. The molecule has 1 amide bonds. The molecule has 4 N–H and O–H groups in total. The van der Waals surface area contributed by atoms with E-state index < -0.39 is 42.7 Å². The van der Waals surface area contributed by atoms with E-state index in [-0.39, 0.29) is 37.6 Å². The Morgan fingerprint density at radius 2 is 1.90 bits per heavy atom. The van der Waals surface area contributed by atoms with Gasteiger partial charge in [0.15, 0.2) is 0 Å². The number of hydrogen-bond donors (Lipinski definition) is 4. The molecule has 226 valence electrons. The van der Waals surface area contributed by atoms with E-state index in [1.54, 1.807) is 19.1 Å². The average molecular weight is 602 g/mol. The van der Waals surface area contributed by atoms with Gasteiger partial charge in [-0.3, -0.25) is 4.79 Å². The Balaban J connectivity index is 1.12. The Morgan fingerprint density at radius 1 is 1.14 bits per heavy atom. The van der Waals surface area contributed by atoms with Crippen molar-refractivity contribution >= 4 is 17.5 Å². The molecule has 3 fully saturated rings. The van der Waals surface area contributed by atoms with E-state index in [9.17, 15) is 29.8 Å². The highest BCUT2D eigenvalue weighted by Gasteiger charge is 2.42. The van der Waals surface area contributed by atoms with Gasteiger partial charge in [0.1, 0.15) is 48.5 Å². The maximum atomic E-state index is 13.6. The van der Waals surface area contributed by atoms with Crippen LogP contribution in [-0.4, -0.2) is 88.0 Å². The number of aliphatic hydroxyl groups excluding tert-OH is 3. The molecule has 9 nitrogen and oxygen atoms in total. The zero-order valence-electron chi connectivity index (χ0n) is 23.4. The van der Waals surface area contributed by atoms with E-state index in [4.69, 9.17) is 21.1 Å². The van der Waals surface area contributed by atoms with Gasteiger partial charge in [-0.2, -0.15) is 5.26 Å². The maximum Gasteiger partial charge on any atom is 0.237 e. The third-order valence-corrected chi connectivity index (χ3v) is 8.89. The molecule has 2 aromatic rings. The highest BCUT2D eigenvalue weighted by Crippen LogP contribution is 2.34. The molecule has 0 spiro atoms. The molecule has 2 aliphatic heterocycles. The van der Waals surface area contributed by atoms with Crippen molar-refractivity contribution in [2.45, 2.75) is 93.9 Å². The number of benzene rings is 2. The van der Waals surface area contributed by atoms with Crippen LogP contribution in [-0.2, 0) is 16.0 Å². The number of nitrogens with one attached hydrogen (secondary N) is 1. The van der Waals surface area contributed by atoms with Crippen LogP contribution in [0.4, 0.5) is 4.39 Å². The monoisotopic (exact) mass is 601 g/mol. The number of rotatable bonds is 8. The zero-order chi connectivity index (χ0) is 30.0. The molecule has 0 unspecified atom stereocenters. The average Bonchev–Trinajstić information content (AvgIpc) is 3.60. The number of aliphatic hydroxyl groups is 3. The molecule has 3 aliphatic rings. The number of alkyl halides is 1. The predicted molar refractivity (Wildman–Crippen MR) is 153 cm³/mol. The van der Waals surface area contributed by atoms with Crippen LogP contribution in [0.1, 0.15) is 55.4 Å². The van der Waals surface area contributed by atoms with Gasteiger partial charge in [-0.15, -0.1) is 0 Å². The molecular weight excluding hydrogens is 565 g/mol. The van der Waals surface area contributed by atoms with Crippen molar-refractivity contribution in [3.05, 3.63) is 64.2 Å². The number of halogens is 2. The standard InChI is InChI=1S/C31H37ClFN3O6/c1-17-28(38)29(39)30(40)31(41-17)19-4-9-26(32)20(11-19)10-18-2-6-24(7-3-18)42-25-8-5-22(13-25)35-15-27(37)36-16-21(33)12-23(36)14-34/h2-4,6-7,9,11,17,21-23,25,28-31,35,38-40H,5,8,10,12-13,15-16H2,1H3/t17-,21+,22+,23+,25-,28-,29+,30-,31+/m1/s1. The van der Waals surface area contributed by atoms with Gasteiger partial charge in [0.2, 0.25) is 5.91 Å². The summed E-state index contributed by atoms with van der Waals surface area (Å²) < 4.78 is 25.6. The normalized spacial score (nSPS) is 33.0. The molecule has 2 saturated heterocycles. The molecule has 5 rings (SSSR count). The van der Waals surface area contributed by atoms with Crippen molar-refractivity contribution in [3.8, 4) is 11.8 Å². The Hall–Kier alpha value is -2.78. The molecule has 2 aromatic carbocycles. The second-order valence-electron chi connectivity index (χ2n) is 11.6. The van der Waals surface area contributed by atoms with E-state index in [0.29, 0.717) is 17.0 Å². The first-order chi connectivity index (χ1) is 20.1. The van der Waals surface area contributed by atoms with Gasteiger partial charge in [-0.05, 0) is 67.5 Å². The summed E-state index contributed by atoms with van der Waals surface area (Å²) in [5.74, 6) is 0.490. The van der Waals surface area contributed by atoms with Crippen LogP contribution < -0.4 is 10.1 Å². The summed E-state index contributed by atoms with van der Waals surface area (Å²) in [7, 11) is 0. The quantitative estimate of drug-likeness (QED) is 0.363. The molecule has 9 atom stereocenters. The molecule has 0 bridgehead atoms. The van der Waals surface area contributed by atoms with Crippen LogP contribution >= 0.6 is 11.6 Å². The minimum Gasteiger partial charge on any atom is -0.490 e. The van der Waals surface area contributed by atoms with Gasteiger partial charge < -0.3 is 35.0 Å². The van der Waals surface area contributed by atoms with Crippen LogP contribution in [0.3, 0.4) is 0 Å². The summed E-state index contributed by atoms with van der Waals surface area (Å²) in [6.07, 6.45) is -3.25. The first-order valence-electron chi connectivity index (χ1n) is 14.4. The van der Waals surface area contributed by atoms with Crippen molar-refractivity contribution in [2.75, 3.05) is 13.1 Å². The van der Waals surface area contributed by atoms with E-state index in [1.165, 1.54) is 4.90 Å². The number of hydrogen-bond acceptors (Lipinski definition) is 8.